The summed E-state index contributed by atoms with van der Waals surface area (Å²) in [6, 6.07) is 7.64. The molecule has 0 radical (unpaired) electrons. The summed E-state index contributed by atoms with van der Waals surface area (Å²) in [4.78, 5) is 28.4. The molecule has 1 aromatic carbocycles. The van der Waals surface area contributed by atoms with E-state index in [9.17, 15) is 9.59 Å². The lowest BCUT2D eigenvalue weighted by Crippen LogP contribution is -2.20. The number of hydrogen-bond acceptors (Lipinski definition) is 4. The van der Waals surface area contributed by atoms with E-state index in [1.54, 1.807) is 0 Å². The summed E-state index contributed by atoms with van der Waals surface area (Å²) < 4.78 is 5.50. The summed E-state index contributed by atoms with van der Waals surface area (Å²) in [5.41, 5.74) is 0.131. The van der Waals surface area contributed by atoms with Gasteiger partial charge in [0.1, 0.15) is 23.7 Å². The SMILES string of the molecule is CC(C)c1ccc(OCc2ncc(C(=O)O)c(=O)[nH]2)cc1. The Morgan fingerprint density at radius 3 is 2.52 bits per heavy atom. The zero-order valence-electron chi connectivity index (χ0n) is 11.8. The highest BCUT2D eigenvalue weighted by Crippen LogP contribution is 2.18. The first kappa shape index (κ1) is 14.8. The number of aromatic nitrogens is 2. The second kappa shape index (κ2) is 6.21. The molecule has 2 aromatic rings. The predicted molar refractivity (Wildman–Crippen MR) is 76.7 cm³/mol. The van der Waals surface area contributed by atoms with Crippen LogP contribution in [0.25, 0.3) is 0 Å². The van der Waals surface area contributed by atoms with Gasteiger partial charge in [-0.25, -0.2) is 9.78 Å². The molecule has 0 saturated heterocycles. The molecule has 0 amide bonds. The third kappa shape index (κ3) is 3.68. The van der Waals surface area contributed by atoms with Crippen molar-refractivity contribution in [3.8, 4) is 5.75 Å². The number of aromatic carboxylic acids is 1. The van der Waals surface area contributed by atoms with Crippen LogP contribution in [0.3, 0.4) is 0 Å². The van der Waals surface area contributed by atoms with Crippen LogP contribution in [0.4, 0.5) is 0 Å². The summed E-state index contributed by atoms with van der Waals surface area (Å²) in [5, 5.41) is 8.74. The molecule has 0 atom stereocenters. The smallest absolute Gasteiger partial charge is 0.342 e. The van der Waals surface area contributed by atoms with Crippen LogP contribution in [0.15, 0.2) is 35.3 Å². The number of carbonyl (C=O) groups is 1. The van der Waals surface area contributed by atoms with Gasteiger partial charge in [-0.3, -0.25) is 4.79 Å². The van der Waals surface area contributed by atoms with Crippen molar-refractivity contribution in [2.45, 2.75) is 26.4 Å². The Labute approximate surface area is 121 Å². The van der Waals surface area contributed by atoms with Crippen molar-refractivity contribution in [3.63, 3.8) is 0 Å². The van der Waals surface area contributed by atoms with Crippen LogP contribution in [-0.4, -0.2) is 21.0 Å². The lowest BCUT2D eigenvalue weighted by atomic mass is 10.0. The molecule has 0 bridgehead atoms. The molecule has 0 aliphatic carbocycles. The molecule has 0 unspecified atom stereocenters. The maximum Gasteiger partial charge on any atom is 0.342 e. The summed E-state index contributed by atoms with van der Waals surface area (Å²) in [7, 11) is 0. The number of benzene rings is 1. The molecule has 21 heavy (non-hydrogen) atoms. The number of aromatic amines is 1. The molecule has 0 aliphatic rings. The van der Waals surface area contributed by atoms with Crippen LogP contribution in [-0.2, 0) is 6.61 Å². The van der Waals surface area contributed by atoms with Gasteiger partial charge in [-0.05, 0) is 23.6 Å². The Balaban J connectivity index is 2.04. The average Bonchev–Trinajstić information content (AvgIpc) is 2.45. The molecule has 1 heterocycles. The van der Waals surface area contributed by atoms with Crippen molar-refractivity contribution in [1.29, 1.82) is 0 Å². The fourth-order valence-electron chi connectivity index (χ4n) is 1.76. The highest BCUT2D eigenvalue weighted by atomic mass is 16.5. The number of carboxylic acids is 1. The number of nitrogens with one attached hydrogen (secondary N) is 1. The van der Waals surface area contributed by atoms with E-state index >= 15 is 0 Å². The number of nitrogens with zero attached hydrogens (tertiary/aromatic N) is 1. The average molecular weight is 288 g/mol. The number of ether oxygens (including phenoxy) is 1. The van der Waals surface area contributed by atoms with E-state index < -0.39 is 11.5 Å². The maximum absolute atomic E-state index is 11.5. The summed E-state index contributed by atoms with van der Waals surface area (Å²) in [6.45, 7) is 4.28. The number of rotatable bonds is 5. The molecule has 0 spiro atoms. The van der Waals surface area contributed by atoms with Gasteiger partial charge in [0, 0.05) is 6.20 Å². The zero-order chi connectivity index (χ0) is 15.4. The van der Waals surface area contributed by atoms with Gasteiger partial charge in [0.25, 0.3) is 5.56 Å². The molecule has 6 nitrogen and oxygen atoms in total. The number of H-pyrrole nitrogens is 1. The second-order valence-electron chi connectivity index (χ2n) is 4.89. The van der Waals surface area contributed by atoms with Gasteiger partial charge < -0.3 is 14.8 Å². The topological polar surface area (TPSA) is 92.3 Å². The molecular weight excluding hydrogens is 272 g/mol. The van der Waals surface area contributed by atoms with Crippen molar-refractivity contribution < 1.29 is 14.6 Å². The third-order valence-electron chi connectivity index (χ3n) is 3.00. The van der Waals surface area contributed by atoms with Gasteiger partial charge in [-0.2, -0.15) is 0 Å². The molecule has 2 rings (SSSR count). The Bertz CT molecular complexity index is 690. The van der Waals surface area contributed by atoms with Crippen molar-refractivity contribution in [2.75, 3.05) is 0 Å². The molecule has 0 fully saturated rings. The van der Waals surface area contributed by atoms with Crippen LogP contribution < -0.4 is 10.3 Å². The zero-order valence-corrected chi connectivity index (χ0v) is 11.8. The summed E-state index contributed by atoms with van der Waals surface area (Å²) in [5.74, 6) is 0.0726. The minimum Gasteiger partial charge on any atom is -0.486 e. The lowest BCUT2D eigenvalue weighted by Gasteiger charge is -2.08. The number of carboxylic acid groups (broad SMARTS) is 1. The molecule has 0 saturated carbocycles. The normalized spacial score (nSPS) is 10.6. The molecule has 2 N–H and O–H groups in total. The van der Waals surface area contributed by atoms with Crippen LogP contribution in [0.2, 0.25) is 0 Å². The van der Waals surface area contributed by atoms with Crippen LogP contribution >= 0.6 is 0 Å². The van der Waals surface area contributed by atoms with Crippen molar-refractivity contribution in [3.05, 3.63) is 57.8 Å². The van der Waals surface area contributed by atoms with Gasteiger partial charge >= 0.3 is 5.97 Å². The lowest BCUT2D eigenvalue weighted by molar-refractivity contribution is 0.0694. The van der Waals surface area contributed by atoms with Crippen molar-refractivity contribution in [2.24, 2.45) is 0 Å². The van der Waals surface area contributed by atoms with Crippen molar-refractivity contribution >= 4 is 5.97 Å². The fourth-order valence-corrected chi connectivity index (χ4v) is 1.76. The largest absolute Gasteiger partial charge is 0.486 e. The van der Waals surface area contributed by atoms with E-state index in [0.717, 1.165) is 6.20 Å². The predicted octanol–water partition coefficient (Wildman–Crippen LogP) is 2.17. The second-order valence-corrected chi connectivity index (χ2v) is 4.89. The monoisotopic (exact) mass is 288 g/mol. The highest BCUT2D eigenvalue weighted by molar-refractivity contribution is 5.86. The molecule has 110 valence electrons. The van der Waals surface area contributed by atoms with Crippen LogP contribution in [0.5, 0.6) is 5.75 Å². The van der Waals surface area contributed by atoms with Crippen LogP contribution in [0, 0.1) is 0 Å². The first-order chi connectivity index (χ1) is 9.97. The molecular formula is C15H16N2O4. The third-order valence-corrected chi connectivity index (χ3v) is 3.00. The molecule has 0 aliphatic heterocycles. The fraction of sp³-hybridized carbons (Fsp3) is 0.267. The van der Waals surface area contributed by atoms with Gasteiger partial charge in [0.05, 0.1) is 0 Å². The van der Waals surface area contributed by atoms with Crippen LogP contribution in [0.1, 0.15) is 41.5 Å². The Morgan fingerprint density at radius 1 is 1.33 bits per heavy atom. The van der Waals surface area contributed by atoms with E-state index in [1.165, 1.54) is 5.56 Å². The highest BCUT2D eigenvalue weighted by Gasteiger charge is 2.10. The molecule has 6 heteroatoms. The van der Waals surface area contributed by atoms with Gasteiger partial charge in [-0.15, -0.1) is 0 Å². The van der Waals surface area contributed by atoms with Gasteiger partial charge in [-0.1, -0.05) is 26.0 Å². The Morgan fingerprint density at radius 2 is 2.00 bits per heavy atom. The van der Waals surface area contributed by atoms with Gasteiger partial charge in [0.15, 0.2) is 0 Å². The maximum atomic E-state index is 11.5. The summed E-state index contributed by atoms with van der Waals surface area (Å²) >= 11 is 0. The quantitative estimate of drug-likeness (QED) is 0.879. The number of hydrogen-bond donors (Lipinski definition) is 2. The van der Waals surface area contributed by atoms with Gasteiger partial charge in [0.2, 0.25) is 0 Å². The first-order valence-corrected chi connectivity index (χ1v) is 6.51. The van der Waals surface area contributed by atoms with E-state index in [-0.39, 0.29) is 18.0 Å². The first-order valence-electron chi connectivity index (χ1n) is 6.51. The summed E-state index contributed by atoms with van der Waals surface area (Å²) in [6.07, 6.45) is 1.03. The van der Waals surface area contributed by atoms with E-state index in [4.69, 9.17) is 9.84 Å². The minimum absolute atomic E-state index is 0.0656. The van der Waals surface area contributed by atoms with E-state index in [0.29, 0.717) is 11.7 Å². The standard InChI is InChI=1S/C15H16N2O4/c1-9(2)10-3-5-11(6-4-10)21-8-13-16-7-12(15(19)20)14(18)17-13/h3-7,9H,8H2,1-2H3,(H,19,20)(H,16,17,18). The minimum atomic E-state index is -1.31. The Hall–Kier alpha value is -2.63. The van der Waals surface area contributed by atoms with Crippen molar-refractivity contribution in [1.82, 2.24) is 9.97 Å². The van der Waals surface area contributed by atoms with E-state index in [2.05, 4.69) is 23.8 Å². The molecule has 1 aromatic heterocycles. The Kier molecular flexibility index (Phi) is 4.37. The van der Waals surface area contributed by atoms with E-state index in [1.807, 2.05) is 24.3 Å².